The van der Waals surface area contributed by atoms with E-state index in [-0.39, 0.29) is 32.4 Å². The van der Waals surface area contributed by atoms with Crippen molar-refractivity contribution in [2.24, 2.45) is 0 Å². The highest BCUT2D eigenvalue weighted by molar-refractivity contribution is 6.42. The number of aromatic nitrogens is 1. The van der Waals surface area contributed by atoms with Gasteiger partial charge in [-0.2, -0.15) is 10.2 Å². The van der Waals surface area contributed by atoms with Gasteiger partial charge in [-0.15, -0.1) is 0 Å². The van der Waals surface area contributed by atoms with Gasteiger partial charge in [0.05, 0.1) is 16.7 Å². The molecular formula is C12H4Cl3FN2O. The predicted octanol–water partition coefficient (Wildman–Crippen LogP) is 4.84. The first-order valence-electron chi connectivity index (χ1n) is 4.90. The third-order valence-corrected chi connectivity index (χ3v) is 3.07. The molecule has 0 N–H and O–H groups in total. The van der Waals surface area contributed by atoms with E-state index in [1.807, 2.05) is 6.07 Å². The zero-order valence-electron chi connectivity index (χ0n) is 9.12. The standard InChI is InChI=1S/C12H4Cl3FN2O/c13-7-4-8(14)12(18-11(7)15)19-10-2-1-6(5-17)3-9(10)16/h1-4H. The summed E-state index contributed by atoms with van der Waals surface area (Å²) < 4.78 is 18.8. The fraction of sp³-hybridized carbons (Fsp3) is 0. The van der Waals surface area contributed by atoms with Crippen LogP contribution in [0.1, 0.15) is 5.56 Å². The molecule has 3 nitrogen and oxygen atoms in total. The van der Waals surface area contributed by atoms with Crippen LogP contribution in [0.15, 0.2) is 24.3 Å². The summed E-state index contributed by atoms with van der Waals surface area (Å²) in [4.78, 5) is 3.80. The maximum Gasteiger partial charge on any atom is 0.239 e. The number of rotatable bonds is 2. The largest absolute Gasteiger partial charge is 0.434 e. The van der Waals surface area contributed by atoms with Crippen molar-refractivity contribution in [2.45, 2.75) is 0 Å². The first kappa shape index (κ1) is 13.9. The van der Waals surface area contributed by atoms with Crippen molar-refractivity contribution in [2.75, 3.05) is 0 Å². The molecule has 0 saturated heterocycles. The Bertz CT molecular complexity index is 685. The van der Waals surface area contributed by atoms with Crippen LogP contribution >= 0.6 is 34.8 Å². The van der Waals surface area contributed by atoms with Gasteiger partial charge in [0.1, 0.15) is 5.02 Å². The van der Waals surface area contributed by atoms with Crippen molar-refractivity contribution in [3.63, 3.8) is 0 Å². The summed E-state index contributed by atoms with van der Waals surface area (Å²) in [5, 5.41) is 8.89. The monoisotopic (exact) mass is 316 g/mol. The minimum Gasteiger partial charge on any atom is -0.434 e. The molecule has 19 heavy (non-hydrogen) atoms. The van der Waals surface area contributed by atoms with Gasteiger partial charge in [-0.3, -0.25) is 0 Å². The number of nitriles is 1. The van der Waals surface area contributed by atoms with Crippen LogP contribution in [-0.2, 0) is 0 Å². The van der Waals surface area contributed by atoms with Gasteiger partial charge in [-0.1, -0.05) is 34.8 Å². The molecule has 0 radical (unpaired) electrons. The number of benzene rings is 1. The first-order valence-corrected chi connectivity index (χ1v) is 6.03. The van der Waals surface area contributed by atoms with E-state index >= 15 is 0 Å². The molecule has 0 atom stereocenters. The van der Waals surface area contributed by atoms with Crippen molar-refractivity contribution in [1.29, 1.82) is 5.26 Å². The van der Waals surface area contributed by atoms with Crippen molar-refractivity contribution < 1.29 is 9.13 Å². The second-order valence-corrected chi connectivity index (χ2v) is 4.58. The molecule has 0 unspecified atom stereocenters. The molecule has 0 spiro atoms. The van der Waals surface area contributed by atoms with Gasteiger partial charge in [0.15, 0.2) is 16.7 Å². The Morgan fingerprint density at radius 2 is 1.89 bits per heavy atom. The Morgan fingerprint density at radius 3 is 2.53 bits per heavy atom. The van der Waals surface area contributed by atoms with Crippen LogP contribution < -0.4 is 4.74 Å². The molecule has 0 amide bonds. The maximum absolute atomic E-state index is 13.6. The van der Waals surface area contributed by atoms with E-state index < -0.39 is 5.82 Å². The lowest BCUT2D eigenvalue weighted by atomic mass is 10.2. The predicted molar refractivity (Wildman–Crippen MR) is 70.5 cm³/mol. The Balaban J connectivity index is 2.37. The third-order valence-electron chi connectivity index (χ3n) is 2.12. The zero-order valence-corrected chi connectivity index (χ0v) is 11.4. The number of hydrogen-bond donors (Lipinski definition) is 0. The Hall–Kier alpha value is -1.54. The van der Waals surface area contributed by atoms with Gasteiger partial charge in [-0.25, -0.2) is 4.39 Å². The second kappa shape index (κ2) is 5.62. The Kier molecular flexibility index (Phi) is 4.11. The summed E-state index contributed by atoms with van der Waals surface area (Å²) in [5.41, 5.74) is 0.179. The molecule has 7 heteroatoms. The number of hydrogen-bond acceptors (Lipinski definition) is 3. The smallest absolute Gasteiger partial charge is 0.239 e. The lowest BCUT2D eigenvalue weighted by Crippen LogP contribution is -1.93. The Labute approximate surface area is 123 Å². The summed E-state index contributed by atoms with van der Waals surface area (Å²) in [6, 6.07) is 6.90. The van der Waals surface area contributed by atoms with Crippen LogP contribution in [0.25, 0.3) is 0 Å². The van der Waals surface area contributed by atoms with E-state index in [2.05, 4.69) is 4.98 Å². The third kappa shape index (κ3) is 3.07. The fourth-order valence-corrected chi connectivity index (χ4v) is 1.79. The van der Waals surface area contributed by atoms with Gasteiger partial charge in [0, 0.05) is 0 Å². The molecule has 1 aromatic heterocycles. The molecule has 2 rings (SSSR count). The van der Waals surface area contributed by atoms with Crippen molar-refractivity contribution in [3.8, 4) is 17.7 Å². The maximum atomic E-state index is 13.6. The summed E-state index contributed by atoms with van der Waals surface area (Å²) in [6.07, 6.45) is 0. The molecule has 0 aliphatic carbocycles. The van der Waals surface area contributed by atoms with Gasteiger partial charge in [0.2, 0.25) is 5.88 Å². The first-order chi connectivity index (χ1) is 9.01. The molecule has 2 aromatic rings. The molecule has 0 saturated carbocycles. The topological polar surface area (TPSA) is 45.9 Å². The minimum atomic E-state index is -0.706. The van der Waals surface area contributed by atoms with Gasteiger partial charge < -0.3 is 4.74 Å². The fourth-order valence-electron chi connectivity index (χ4n) is 1.26. The molecule has 1 heterocycles. The van der Waals surface area contributed by atoms with Crippen LogP contribution in [0.5, 0.6) is 11.6 Å². The highest BCUT2D eigenvalue weighted by atomic mass is 35.5. The second-order valence-electron chi connectivity index (χ2n) is 3.41. The summed E-state index contributed by atoms with van der Waals surface area (Å²) in [7, 11) is 0. The van der Waals surface area contributed by atoms with Crippen molar-refractivity contribution >= 4 is 34.8 Å². The summed E-state index contributed by atoms with van der Waals surface area (Å²) in [5.74, 6) is -0.894. The normalized spacial score (nSPS) is 10.1. The molecule has 0 aliphatic heterocycles. The van der Waals surface area contributed by atoms with E-state index in [1.165, 1.54) is 18.2 Å². The van der Waals surface area contributed by atoms with Gasteiger partial charge in [0.25, 0.3) is 0 Å². The molecule has 96 valence electrons. The lowest BCUT2D eigenvalue weighted by molar-refractivity contribution is 0.428. The number of pyridine rings is 1. The van der Waals surface area contributed by atoms with E-state index in [4.69, 9.17) is 44.8 Å². The van der Waals surface area contributed by atoms with Crippen LogP contribution in [-0.4, -0.2) is 4.98 Å². The van der Waals surface area contributed by atoms with Crippen molar-refractivity contribution in [3.05, 3.63) is 50.8 Å². The molecule has 0 fully saturated rings. The quantitative estimate of drug-likeness (QED) is 0.744. The Morgan fingerprint density at radius 1 is 1.16 bits per heavy atom. The summed E-state index contributed by atoms with van der Waals surface area (Å²) in [6.45, 7) is 0. The highest BCUT2D eigenvalue weighted by Crippen LogP contribution is 2.34. The van der Waals surface area contributed by atoms with Gasteiger partial charge in [-0.05, 0) is 24.3 Å². The molecule has 0 aliphatic rings. The lowest BCUT2D eigenvalue weighted by Gasteiger charge is -2.08. The van der Waals surface area contributed by atoms with Crippen LogP contribution in [0.3, 0.4) is 0 Å². The van der Waals surface area contributed by atoms with E-state index in [0.717, 1.165) is 6.07 Å². The minimum absolute atomic E-state index is 0.00452. The van der Waals surface area contributed by atoms with Crippen molar-refractivity contribution in [1.82, 2.24) is 4.98 Å². The average Bonchev–Trinajstić information content (AvgIpc) is 2.38. The van der Waals surface area contributed by atoms with E-state index in [1.54, 1.807) is 0 Å². The molecule has 0 bridgehead atoms. The number of halogens is 4. The molecule has 1 aromatic carbocycles. The zero-order chi connectivity index (χ0) is 14.0. The number of nitrogens with zero attached hydrogens (tertiary/aromatic N) is 2. The van der Waals surface area contributed by atoms with Crippen LogP contribution in [0.2, 0.25) is 15.2 Å². The molecular weight excluding hydrogens is 314 g/mol. The van der Waals surface area contributed by atoms with E-state index in [9.17, 15) is 4.39 Å². The van der Waals surface area contributed by atoms with E-state index in [0.29, 0.717) is 0 Å². The SMILES string of the molecule is N#Cc1ccc(Oc2nc(Cl)c(Cl)cc2Cl)c(F)c1. The van der Waals surface area contributed by atoms with Crippen LogP contribution in [0, 0.1) is 17.1 Å². The highest BCUT2D eigenvalue weighted by Gasteiger charge is 2.12. The van der Waals surface area contributed by atoms with Gasteiger partial charge >= 0.3 is 0 Å². The summed E-state index contributed by atoms with van der Waals surface area (Å²) >= 11 is 17.3. The number of ether oxygens (including phenoxy) is 1. The average molecular weight is 318 g/mol. The van der Waals surface area contributed by atoms with Crippen LogP contribution in [0.4, 0.5) is 4.39 Å².